The molecule has 21 heavy (non-hydrogen) atoms. The fourth-order valence-corrected chi connectivity index (χ4v) is 2.75. The quantitative estimate of drug-likeness (QED) is 0.619. The van der Waals surface area contributed by atoms with Crippen LogP contribution in [0, 0.1) is 27.7 Å². The van der Waals surface area contributed by atoms with Crippen molar-refractivity contribution < 1.29 is 14.6 Å². The molecule has 0 spiro atoms. The zero-order valence-electron chi connectivity index (χ0n) is 12.4. The first kappa shape index (κ1) is 13.5. The second-order valence-corrected chi connectivity index (χ2v) is 5.50. The monoisotopic (exact) mass is 284 g/mol. The molecule has 0 saturated carbocycles. The second-order valence-electron chi connectivity index (χ2n) is 5.50. The van der Waals surface area contributed by atoms with Crippen LogP contribution in [-0.2, 0) is 0 Å². The molecule has 0 amide bonds. The van der Waals surface area contributed by atoms with Gasteiger partial charge in [-0.05, 0) is 45.4 Å². The molecule has 1 heterocycles. The summed E-state index contributed by atoms with van der Waals surface area (Å²) >= 11 is 0. The first-order valence-corrected chi connectivity index (χ1v) is 6.71. The highest BCUT2D eigenvalue weighted by Gasteiger charge is 2.21. The zero-order valence-corrected chi connectivity index (χ0v) is 12.4. The minimum atomic E-state index is -0.234. The summed E-state index contributed by atoms with van der Waals surface area (Å²) in [6.45, 7) is 6.88. The molecule has 0 aromatic heterocycles. The molecule has 0 radical (unpaired) electrons. The third-order valence-corrected chi connectivity index (χ3v) is 4.09. The van der Waals surface area contributed by atoms with Gasteiger partial charge in [0.2, 0.25) is 0 Å². The van der Waals surface area contributed by atoms with Crippen molar-refractivity contribution in [3.8, 4) is 22.8 Å². The maximum Gasteiger partial charge on any atom is 0.196 e. The Kier molecular flexibility index (Phi) is 2.73. The molecule has 1 aromatic rings. The largest absolute Gasteiger partial charge is 0.507 e. The van der Waals surface area contributed by atoms with E-state index >= 15 is 0 Å². The molecule has 0 unspecified atom stereocenters. The Morgan fingerprint density at radius 2 is 1.57 bits per heavy atom. The highest BCUT2D eigenvalue weighted by atomic mass is 16.3. The predicted octanol–water partition coefficient (Wildman–Crippen LogP) is 3.54. The standard InChI is InChI=1S/C17H16O4/c1-7-5-11-6-12-15(20)8(2)14(19)10(4)17(12)21-16(11)9(3)13(7)18/h5-6,18-19H,1-4H3. The van der Waals surface area contributed by atoms with Crippen LogP contribution >= 0.6 is 0 Å². The summed E-state index contributed by atoms with van der Waals surface area (Å²) in [4.78, 5) is 12.3. The van der Waals surface area contributed by atoms with Gasteiger partial charge in [0.05, 0.1) is 5.56 Å². The van der Waals surface area contributed by atoms with Crippen LogP contribution in [0.3, 0.4) is 0 Å². The first-order chi connectivity index (χ1) is 9.82. The Morgan fingerprint density at radius 1 is 0.905 bits per heavy atom. The third-order valence-electron chi connectivity index (χ3n) is 4.09. The average molecular weight is 284 g/mol. The molecule has 3 rings (SSSR count). The van der Waals surface area contributed by atoms with Crippen molar-refractivity contribution in [1.29, 1.82) is 0 Å². The van der Waals surface area contributed by atoms with Crippen LogP contribution in [0.15, 0.2) is 21.3 Å². The van der Waals surface area contributed by atoms with Crippen molar-refractivity contribution in [1.82, 2.24) is 0 Å². The number of phenols is 2. The molecule has 0 fully saturated rings. The molecule has 2 N–H and O–H groups in total. The molecule has 1 aromatic carbocycles. The van der Waals surface area contributed by atoms with Gasteiger partial charge >= 0.3 is 0 Å². The Bertz CT molecular complexity index is 919. The van der Waals surface area contributed by atoms with Crippen LogP contribution in [0.25, 0.3) is 22.3 Å². The number of phenolic OH excluding ortho intramolecular Hbond substituents is 2. The molecule has 1 aliphatic heterocycles. The van der Waals surface area contributed by atoms with E-state index < -0.39 is 0 Å². The van der Waals surface area contributed by atoms with E-state index in [1.807, 2.05) is 0 Å². The van der Waals surface area contributed by atoms with E-state index in [1.165, 1.54) is 0 Å². The second kappa shape index (κ2) is 4.25. The van der Waals surface area contributed by atoms with E-state index in [0.717, 1.165) is 10.9 Å². The summed E-state index contributed by atoms with van der Waals surface area (Å²) in [5.74, 6) is 0.508. The van der Waals surface area contributed by atoms with Gasteiger partial charge in [-0.2, -0.15) is 0 Å². The Morgan fingerprint density at radius 3 is 2.24 bits per heavy atom. The van der Waals surface area contributed by atoms with E-state index in [1.54, 1.807) is 39.8 Å². The van der Waals surface area contributed by atoms with Crippen LogP contribution in [-0.4, -0.2) is 10.2 Å². The Hall–Kier alpha value is -2.49. The lowest BCUT2D eigenvalue weighted by atomic mass is 9.97. The van der Waals surface area contributed by atoms with Crippen molar-refractivity contribution in [3.63, 3.8) is 0 Å². The van der Waals surface area contributed by atoms with Gasteiger partial charge in [0.15, 0.2) is 5.43 Å². The summed E-state index contributed by atoms with van der Waals surface area (Å²) in [5, 5.41) is 20.8. The summed E-state index contributed by atoms with van der Waals surface area (Å²) in [5.41, 5.74) is 2.94. The van der Waals surface area contributed by atoms with Gasteiger partial charge in [-0.25, -0.2) is 0 Å². The molecule has 0 saturated heterocycles. The molecule has 0 bridgehead atoms. The fraction of sp³-hybridized carbons (Fsp3) is 0.235. The maximum atomic E-state index is 12.3. The summed E-state index contributed by atoms with van der Waals surface area (Å²) < 4.78 is 5.84. The lowest BCUT2D eigenvalue weighted by molar-refractivity contribution is 0.461. The van der Waals surface area contributed by atoms with Gasteiger partial charge in [-0.15, -0.1) is 0 Å². The molecule has 4 nitrogen and oxygen atoms in total. The normalized spacial score (nSPS) is 11.4. The number of rotatable bonds is 0. The van der Waals surface area contributed by atoms with Gasteiger partial charge in [0, 0.05) is 22.1 Å². The first-order valence-electron chi connectivity index (χ1n) is 6.71. The number of aromatic hydroxyl groups is 2. The molecule has 4 heteroatoms. The molecular formula is C17H16O4. The number of benzene rings is 2. The van der Waals surface area contributed by atoms with Crippen LogP contribution < -0.4 is 5.43 Å². The summed E-state index contributed by atoms with van der Waals surface area (Å²) in [6.07, 6.45) is 0. The smallest absolute Gasteiger partial charge is 0.196 e. The fourth-order valence-electron chi connectivity index (χ4n) is 2.75. The van der Waals surface area contributed by atoms with Gasteiger partial charge in [0.1, 0.15) is 22.8 Å². The SMILES string of the molecule is Cc1cc2cc3c(=O)c(C)c(O)c(C)c-3oc2c(C)c1O. The van der Waals surface area contributed by atoms with Crippen molar-refractivity contribution in [3.05, 3.63) is 44.6 Å². The number of aryl methyl sites for hydroxylation is 2. The van der Waals surface area contributed by atoms with Crippen molar-refractivity contribution >= 4 is 11.0 Å². The molecule has 0 atom stereocenters. The third kappa shape index (κ3) is 1.72. The van der Waals surface area contributed by atoms with E-state index in [0.29, 0.717) is 33.6 Å². The molecular weight excluding hydrogens is 268 g/mol. The van der Waals surface area contributed by atoms with Gasteiger partial charge < -0.3 is 14.6 Å². The molecule has 2 aliphatic rings. The summed E-state index contributed by atoms with van der Waals surface area (Å²) in [7, 11) is 0. The zero-order chi connectivity index (χ0) is 15.5. The van der Waals surface area contributed by atoms with Gasteiger partial charge in [0.25, 0.3) is 0 Å². The maximum absolute atomic E-state index is 12.3. The number of hydrogen-bond donors (Lipinski definition) is 2. The van der Waals surface area contributed by atoms with E-state index in [9.17, 15) is 15.0 Å². The van der Waals surface area contributed by atoms with Gasteiger partial charge in [-0.3, -0.25) is 4.79 Å². The Balaban J connectivity index is 2.60. The number of fused-ring (bicyclic) bond motifs is 2. The lowest BCUT2D eigenvalue weighted by Gasteiger charge is -2.14. The van der Waals surface area contributed by atoms with Crippen LogP contribution in [0.4, 0.5) is 0 Å². The van der Waals surface area contributed by atoms with Crippen molar-refractivity contribution in [2.45, 2.75) is 27.7 Å². The predicted molar refractivity (Wildman–Crippen MR) is 81.4 cm³/mol. The minimum Gasteiger partial charge on any atom is -0.507 e. The summed E-state index contributed by atoms with van der Waals surface area (Å²) in [6, 6.07) is 3.55. The van der Waals surface area contributed by atoms with Crippen LogP contribution in [0.5, 0.6) is 11.5 Å². The van der Waals surface area contributed by atoms with Crippen molar-refractivity contribution in [2.75, 3.05) is 0 Å². The van der Waals surface area contributed by atoms with E-state index in [4.69, 9.17) is 4.42 Å². The molecule has 108 valence electrons. The van der Waals surface area contributed by atoms with Crippen molar-refractivity contribution in [2.24, 2.45) is 0 Å². The topological polar surface area (TPSA) is 70.7 Å². The van der Waals surface area contributed by atoms with Crippen LogP contribution in [0.2, 0.25) is 0 Å². The van der Waals surface area contributed by atoms with E-state index in [-0.39, 0.29) is 16.9 Å². The Labute approximate surface area is 121 Å². The average Bonchev–Trinajstić information content (AvgIpc) is 2.47. The number of hydrogen-bond acceptors (Lipinski definition) is 4. The highest BCUT2D eigenvalue weighted by molar-refractivity contribution is 5.88. The lowest BCUT2D eigenvalue weighted by Crippen LogP contribution is -2.11. The minimum absolute atomic E-state index is 0.0374. The van der Waals surface area contributed by atoms with Crippen LogP contribution in [0.1, 0.15) is 22.3 Å². The molecule has 1 aliphatic carbocycles. The van der Waals surface area contributed by atoms with E-state index in [2.05, 4.69) is 0 Å². The van der Waals surface area contributed by atoms with Gasteiger partial charge in [-0.1, -0.05) is 0 Å². The highest BCUT2D eigenvalue weighted by Crippen LogP contribution is 2.38.